The Bertz CT molecular complexity index is 945. The molecule has 1 aromatic carbocycles. The van der Waals surface area contributed by atoms with E-state index in [-0.39, 0.29) is 18.1 Å². The molecule has 1 amide bonds. The molecule has 0 aliphatic rings. The summed E-state index contributed by atoms with van der Waals surface area (Å²) in [5.41, 5.74) is 3.53. The van der Waals surface area contributed by atoms with Gasteiger partial charge in [0.25, 0.3) is 0 Å². The zero-order chi connectivity index (χ0) is 18.7. The van der Waals surface area contributed by atoms with Gasteiger partial charge in [0, 0.05) is 17.8 Å². The molecule has 0 saturated heterocycles. The van der Waals surface area contributed by atoms with Crippen LogP contribution in [0.3, 0.4) is 0 Å². The van der Waals surface area contributed by atoms with Crippen molar-refractivity contribution in [3.05, 3.63) is 69.8 Å². The van der Waals surface area contributed by atoms with E-state index < -0.39 is 4.92 Å². The first-order chi connectivity index (χ1) is 12.5. The molecule has 3 aromatic rings. The maximum atomic E-state index is 12.1. The molecule has 3 rings (SSSR count). The number of nitrogens with zero attached hydrogens (tertiary/aromatic N) is 5. The van der Waals surface area contributed by atoms with Crippen LogP contribution in [0.5, 0.6) is 0 Å². The topological polar surface area (TPSA) is 108 Å². The average molecular weight is 354 g/mol. The molecule has 0 radical (unpaired) electrons. The average Bonchev–Trinajstić information content (AvgIpc) is 3.19. The molecule has 0 fully saturated rings. The quantitative estimate of drug-likeness (QED) is 0.537. The van der Waals surface area contributed by atoms with Crippen molar-refractivity contribution in [2.75, 3.05) is 0 Å². The molecular weight excluding hydrogens is 336 g/mol. The fourth-order valence-electron chi connectivity index (χ4n) is 2.67. The largest absolute Gasteiger partial charge is 0.350 e. The zero-order valence-electron chi connectivity index (χ0n) is 14.4. The van der Waals surface area contributed by atoms with Crippen LogP contribution in [-0.2, 0) is 17.9 Å². The van der Waals surface area contributed by atoms with Gasteiger partial charge < -0.3 is 5.32 Å². The van der Waals surface area contributed by atoms with E-state index in [0.29, 0.717) is 6.54 Å². The Kier molecular flexibility index (Phi) is 4.78. The van der Waals surface area contributed by atoms with Gasteiger partial charge in [-0.2, -0.15) is 10.2 Å². The van der Waals surface area contributed by atoms with E-state index in [1.54, 1.807) is 0 Å². The molecule has 2 aromatic heterocycles. The highest BCUT2D eigenvalue weighted by atomic mass is 16.6. The molecule has 1 N–H and O–H groups in total. The van der Waals surface area contributed by atoms with E-state index in [4.69, 9.17) is 0 Å². The summed E-state index contributed by atoms with van der Waals surface area (Å²) in [4.78, 5) is 22.2. The summed E-state index contributed by atoms with van der Waals surface area (Å²) in [6, 6.07) is 9.75. The monoisotopic (exact) mass is 354 g/mol. The van der Waals surface area contributed by atoms with E-state index in [9.17, 15) is 14.9 Å². The number of carbonyl (C=O) groups excluding carboxylic acids is 1. The normalized spacial score (nSPS) is 10.7. The maximum absolute atomic E-state index is 12.1. The molecule has 2 heterocycles. The second-order valence-electron chi connectivity index (χ2n) is 5.83. The van der Waals surface area contributed by atoms with Crippen LogP contribution in [0.1, 0.15) is 17.0 Å². The number of hydrogen-bond acceptors (Lipinski definition) is 5. The summed E-state index contributed by atoms with van der Waals surface area (Å²) in [5, 5.41) is 21.8. The SMILES string of the molecule is Cc1nn(-c2ccccc2)c(C)c1CNC(=O)Cn1cc([N+](=O)[O-])cn1. The molecule has 9 heteroatoms. The van der Waals surface area contributed by atoms with Gasteiger partial charge in [-0.1, -0.05) is 18.2 Å². The van der Waals surface area contributed by atoms with Gasteiger partial charge in [-0.25, -0.2) is 4.68 Å². The number of para-hydroxylation sites is 1. The molecule has 0 atom stereocenters. The van der Waals surface area contributed by atoms with Crippen molar-refractivity contribution in [2.45, 2.75) is 26.9 Å². The highest BCUT2D eigenvalue weighted by Crippen LogP contribution is 2.17. The lowest BCUT2D eigenvalue weighted by molar-refractivity contribution is -0.385. The lowest BCUT2D eigenvalue weighted by atomic mass is 10.2. The van der Waals surface area contributed by atoms with E-state index in [1.807, 2.05) is 48.9 Å². The molecule has 26 heavy (non-hydrogen) atoms. The molecule has 9 nitrogen and oxygen atoms in total. The van der Waals surface area contributed by atoms with Crippen LogP contribution in [0.2, 0.25) is 0 Å². The lowest BCUT2D eigenvalue weighted by Crippen LogP contribution is -2.27. The van der Waals surface area contributed by atoms with Crippen molar-refractivity contribution in [1.82, 2.24) is 24.9 Å². The predicted molar refractivity (Wildman–Crippen MR) is 93.8 cm³/mol. The maximum Gasteiger partial charge on any atom is 0.307 e. The number of hydrogen-bond donors (Lipinski definition) is 1. The van der Waals surface area contributed by atoms with Crippen molar-refractivity contribution in [3.63, 3.8) is 0 Å². The molecule has 134 valence electrons. The Morgan fingerprint density at radius 3 is 2.65 bits per heavy atom. The first kappa shape index (κ1) is 17.3. The molecule has 0 aliphatic heterocycles. The summed E-state index contributed by atoms with van der Waals surface area (Å²) in [6.07, 6.45) is 2.34. The minimum atomic E-state index is -0.550. The molecular formula is C17H18N6O3. The summed E-state index contributed by atoms with van der Waals surface area (Å²) in [5.74, 6) is -0.283. The van der Waals surface area contributed by atoms with Crippen molar-refractivity contribution in [3.8, 4) is 5.69 Å². The van der Waals surface area contributed by atoms with Gasteiger partial charge >= 0.3 is 5.69 Å². The van der Waals surface area contributed by atoms with Crippen LogP contribution in [0, 0.1) is 24.0 Å². The number of aryl methyl sites for hydroxylation is 1. The van der Waals surface area contributed by atoms with E-state index in [1.165, 1.54) is 10.9 Å². The number of amides is 1. The third-order valence-corrected chi connectivity index (χ3v) is 4.04. The highest BCUT2D eigenvalue weighted by molar-refractivity contribution is 5.75. The fraction of sp³-hybridized carbons (Fsp3) is 0.235. The van der Waals surface area contributed by atoms with Crippen molar-refractivity contribution >= 4 is 11.6 Å². The third kappa shape index (κ3) is 3.61. The van der Waals surface area contributed by atoms with Gasteiger partial charge in [0.05, 0.1) is 16.3 Å². The fourth-order valence-corrected chi connectivity index (χ4v) is 2.67. The van der Waals surface area contributed by atoms with Gasteiger partial charge in [0.1, 0.15) is 18.9 Å². The molecule has 0 unspecified atom stereocenters. The van der Waals surface area contributed by atoms with Crippen molar-refractivity contribution < 1.29 is 9.72 Å². The Hall–Kier alpha value is -3.49. The summed E-state index contributed by atoms with van der Waals surface area (Å²) >= 11 is 0. The second kappa shape index (κ2) is 7.18. The zero-order valence-corrected chi connectivity index (χ0v) is 14.4. The second-order valence-corrected chi connectivity index (χ2v) is 5.83. The Balaban J connectivity index is 1.66. The third-order valence-electron chi connectivity index (χ3n) is 4.04. The summed E-state index contributed by atoms with van der Waals surface area (Å²) < 4.78 is 3.08. The molecule has 0 saturated carbocycles. The lowest BCUT2D eigenvalue weighted by Gasteiger charge is -2.07. The number of rotatable bonds is 6. The predicted octanol–water partition coefficient (Wildman–Crippen LogP) is 1.91. The van der Waals surface area contributed by atoms with E-state index >= 15 is 0 Å². The molecule has 0 bridgehead atoms. The Morgan fingerprint density at radius 1 is 1.27 bits per heavy atom. The number of aromatic nitrogens is 4. The van der Waals surface area contributed by atoms with Crippen LogP contribution in [0.4, 0.5) is 5.69 Å². The van der Waals surface area contributed by atoms with Crippen molar-refractivity contribution in [1.29, 1.82) is 0 Å². The van der Waals surface area contributed by atoms with E-state index in [2.05, 4.69) is 15.5 Å². The first-order valence-corrected chi connectivity index (χ1v) is 8.00. The van der Waals surface area contributed by atoms with Crippen molar-refractivity contribution in [2.24, 2.45) is 0 Å². The van der Waals surface area contributed by atoms with Gasteiger partial charge in [-0.05, 0) is 26.0 Å². The number of nitrogens with one attached hydrogen (secondary N) is 1. The van der Waals surface area contributed by atoms with Crippen LogP contribution in [-0.4, -0.2) is 30.4 Å². The van der Waals surface area contributed by atoms with Crippen LogP contribution < -0.4 is 5.32 Å². The first-order valence-electron chi connectivity index (χ1n) is 8.00. The number of carbonyl (C=O) groups is 1. The Labute approximate surface area is 149 Å². The van der Waals surface area contributed by atoms with E-state index in [0.717, 1.165) is 28.8 Å². The minimum absolute atomic E-state index is 0.0846. The van der Waals surface area contributed by atoms with Crippen LogP contribution in [0.25, 0.3) is 5.69 Å². The van der Waals surface area contributed by atoms with Gasteiger partial charge in [0.2, 0.25) is 5.91 Å². The number of benzene rings is 1. The standard InChI is InChI=1S/C17H18N6O3/c1-12-16(13(2)22(20-12)14-6-4-3-5-7-14)9-18-17(24)11-21-10-15(8-19-21)23(25)26/h3-8,10H,9,11H2,1-2H3,(H,18,24). The number of nitro groups is 1. The minimum Gasteiger partial charge on any atom is -0.350 e. The van der Waals surface area contributed by atoms with Gasteiger partial charge in [-0.3, -0.25) is 19.6 Å². The Morgan fingerprint density at radius 2 is 2.00 bits per heavy atom. The van der Waals surface area contributed by atoms with Gasteiger partial charge in [-0.15, -0.1) is 0 Å². The van der Waals surface area contributed by atoms with Gasteiger partial charge in [0.15, 0.2) is 0 Å². The van der Waals surface area contributed by atoms with Crippen LogP contribution >= 0.6 is 0 Å². The summed E-state index contributed by atoms with van der Waals surface area (Å²) in [6.45, 7) is 4.08. The summed E-state index contributed by atoms with van der Waals surface area (Å²) in [7, 11) is 0. The molecule has 0 aliphatic carbocycles. The molecule has 0 spiro atoms. The van der Waals surface area contributed by atoms with Crippen LogP contribution in [0.15, 0.2) is 42.7 Å². The highest BCUT2D eigenvalue weighted by Gasteiger charge is 2.15. The smallest absolute Gasteiger partial charge is 0.307 e.